The largest absolute Gasteiger partial charge is 0.480 e. The summed E-state index contributed by atoms with van der Waals surface area (Å²) in [5.74, 6) is 0.553. The maximum Gasteiger partial charge on any atom is 0.237 e. The van der Waals surface area contributed by atoms with Crippen molar-refractivity contribution in [3.8, 4) is 5.88 Å². The number of nitrogens with zero attached hydrogens (tertiary/aromatic N) is 4. The van der Waals surface area contributed by atoms with Crippen molar-refractivity contribution in [1.82, 2.24) is 25.1 Å². The minimum atomic E-state index is -0.0581. The van der Waals surface area contributed by atoms with Gasteiger partial charge in [0.1, 0.15) is 5.69 Å². The molecule has 2 aromatic heterocycles. The van der Waals surface area contributed by atoms with Crippen molar-refractivity contribution in [2.45, 2.75) is 32.7 Å². The van der Waals surface area contributed by atoms with Gasteiger partial charge in [-0.05, 0) is 19.4 Å². The normalized spacial score (nSPS) is 12.4. The smallest absolute Gasteiger partial charge is 0.237 e. The van der Waals surface area contributed by atoms with Gasteiger partial charge in [-0.3, -0.25) is 9.67 Å². The first-order chi connectivity index (χ1) is 10.2. The molecule has 0 aliphatic carbocycles. The van der Waals surface area contributed by atoms with Crippen LogP contribution in [0.25, 0.3) is 0 Å². The third-order valence-corrected chi connectivity index (χ3v) is 3.34. The molecule has 2 aromatic rings. The van der Waals surface area contributed by atoms with Gasteiger partial charge in [-0.25, -0.2) is 4.98 Å². The second-order valence-corrected chi connectivity index (χ2v) is 4.90. The Kier molecular flexibility index (Phi) is 5.27. The minimum absolute atomic E-state index is 0.0581. The van der Waals surface area contributed by atoms with Gasteiger partial charge < -0.3 is 10.1 Å². The maximum atomic E-state index is 5.37. The Bertz CT molecular complexity index is 581. The lowest BCUT2D eigenvalue weighted by atomic mass is 10.0. The SMILES string of the molecule is CCCNC(c1cn(C)nc1CC)c1nccnc1OC. The average Bonchev–Trinajstić information content (AvgIpc) is 2.89. The highest BCUT2D eigenvalue weighted by Crippen LogP contribution is 2.28. The van der Waals surface area contributed by atoms with E-state index in [0.717, 1.165) is 36.3 Å². The monoisotopic (exact) mass is 289 g/mol. The van der Waals surface area contributed by atoms with Crippen molar-refractivity contribution in [2.75, 3.05) is 13.7 Å². The lowest BCUT2D eigenvalue weighted by Crippen LogP contribution is -2.25. The first-order valence-corrected chi connectivity index (χ1v) is 7.31. The Morgan fingerprint density at radius 1 is 1.29 bits per heavy atom. The Morgan fingerprint density at radius 3 is 2.71 bits per heavy atom. The maximum absolute atomic E-state index is 5.37. The number of aryl methyl sites for hydroxylation is 2. The Balaban J connectivity index is 2.47. The molecule has 2 rings (SSSR count). The van der Waals surface area contributed by atoms with Gasteiger partial charge in [-0.1, -0.05) is 13.8 Å². The van der Waals surface area contributed by atoms with Crippen LogP contribution in [0.1, 0.15) is 43.3 Å². The van der Waals surface area contributed by atoms with E-state index in [2.05, 4.69) is 34.2 Å². The molecular weight excluding hydrogens is 266 g/mol. The van der Waals surface area contributed by atoms with E-state index in [4.69, 9.17) is 4.74 Å². The van der Waals surface area contributed by atoms with Crippen LogP contribution >= 0.6 is 0 Å². The fraction of sp³-hybridized carbons (Fsp3) is 0.533. The summed E-state index contributed by atoms with van der Waals surface area (Å²) in [7, 11) is 3.56. The Labute approximate surface area is 125 Å². The van der Waals surface area contributed by atoms with Gasteiger partial charge in [0.15, 0.2) is 0 Å². The van der Waals surface area contributed by atoms with Crippen molar-refractivity contribution >= 4 is 0 Å². The molecule has 0 radical (unpaired) electrons. The molecule has 6 nitrogen and oxygen atoms in total. The fourth-order valence-electron chi connectivity index (χ4n) is 2.40. The second kappa shape index (κ2) is 7.17. The zero-order valence-corrected chi connectivity index (χ0v) is 13.1. The molecule has 0 aliphatic rings. The van der Waals surface area contributed by atoms with Crippen molar-refractivity contribution in [2.24, 2.45) is 7.05 Å². The summed E-state index contributed by atoms with van der Waals surface area (Å²) < 4.78 is 7.21. The lowest BCUT2D eigenvalue weighted by molar-refractivity contribution is 0.382. The number of aromatic nitrogens is 4. The highest BCUT2D eigenvalue weighted by atomic mass is 16.5. The molecule has 0 fully saturated rings. The van der Waals surface area contributed by atoms with Gasteiger partial charge in [0.25, 0.3) is 0 Å². The molecule has 1 N–H and O–H groups in total. The van der Waals surface area contributed by atoms with Crippen molar-refractivity contribution in [1.29, 1.82) is 0 Å². The summed E-state index contributed by atoms with van der Waals surface area (Å²) in [5.41, 5.74) is 3.00. The number of rotatable bonds is 7. The van der Waals surface area contributed by atoms with Crippen molar-refractivity contribution < 1.29 is 4.74 Å². The molecular formula is C15H23N5O. The molecule has 2 heterocycles. The third kappa shape index (κ3) is 3.39. The number of hydrogen-bond donors (Lipinski definition) is 1. The van der Waals surface area contributed by atoms with Crippen LogP contribution in [-0.4, -0.2) is 33.4 Å². The first kappa shape index (κ1) is 15.4. The molecule has 6 heteroatoms. The molecule has 0 amide bonds. The van der Waals surface area contributed by atoms with Crippen LogP contribution in [0, 0.1) is 0 Å². The van der Waals surface area contributed by atoms with E-state index in [-0.39, 0.29) is 6.04 Å². The second-order valence-electron chi connectivity index (χ2n) is 4.90. The van der Waals surface area contributed by atoms with Gasteiger partial charge >= 0.3 is 0 Å². The van der Waals surface area contributed by atoms with E-state index in [1.807, 2.05) is 17.9 Å². The topological polar surface area (TPSA) is 64.9 Å². The average molecular weight is 289 g/mol. The molecule has 0 spiro atoms. The summed E-state index contributed by atoms with van der Waals surface area (Å²) >= 11 is 0. The van der Waals surface area contributed by atoms with Gasteiger partial charge in [0.05, 0.1) is 18.8 Å². The van der Waals surface area contributed by atoms with Crippen LogP contribution in [0.15, 0.2) is 18.6 Å². The molecule has 0 bridgehead atoms. The lowest BCUT2D eigenvalue weighted by Gasteiger charge is -2.19. The molecule has 0 aliphatic heterocycles. The molecule has 0 aromatic carbocycles. The highest BCUT2D eigenvalue weighted by Gasteiger charge is 2.24. The summed E-state index contributed by atoms with van der Waals surface area (Å²) in [6.45, 7) is 5.14. The zero-order valence-electron chi connectivity index (χ0n) is 13.1. The summed E-state index contributed by atoms with van der Waals surface area (Å²) in [5, 5.41) is 8.06. The molecule has 0 saturated heterocycles. The number of methoxy groups -OCH3 is 1. The van der Waals surface area contributed by atoms with Gasteiger partial charge in [-0.15, -0.1) is 0 Å². The van der Waals surface area contributed by atoms with Gasteiger partial charge in [0, 0.05) is 31.2 Å². The molecule has 1 unspecified atom stereocenters. The molecule has 0 saturated carbocycles. The Hall–Kier alpha value is -1.95. The number of nitrogens with one attached hydrogen (secondary N) is 1. The quantitative estimate of drug-likeness (QED) is 0.843. The fourth-order valence-corrected chi connectivity index (χ4v) is 2.40. The van der Waals surface area contributed by atoms with E-state index in [1.54, 1.807) is 19.5 Å². The first-order valence-electron chi connectivity index (χ1n) is 7.31. The molecule has 21 heavy (non-hydrogen) atoms. The van der Waals surface area contributed by atoms with Gasteiger partial charge in [-0.2, -0.15) is 5.10 Å². The molecule has 114 valence electrons. The highest BCUT2D eigenvalue weighted by molar-refractivity contribution is 5.34. The third-order valence-electron chi connectivity index (χ3n) is 3.34. The van der Waals surface area contributed by atoms with Crippen molar-refractivity contribution in [3.63, 3.8) is 0 Å². The number of ether oxygens (including phenoxy) is 1. The van der Waals surface area contributed by atoms with Crippen LogP contribution in [-0.2, 0) is 13.5 Å². The van der Waals surface area contributed by atoms with E-state index in [9.17, 15) is 0 Å². The van der Waals surface area contributed by atoms with Crippen LogP contribution in [0.4, 0.5) is 0 Å². The van der Waals surface area contributed by atoms with Gasteiger partial charge in [0.2, 0.25) is 5.88 Å². The summed E-state index contributed by atoms with van der Waals surface area (Å²) in [6, 6.07) is -0.0581. The minimum Gasteiger partial charge on any atom is -0.480 e. The van der Waals surface area contributed by atoms with E-state index in [1.165, 1.54) is 0 Å². The van der Waals surface area contributed by atoms with Crippen LogP contribution < -0.4 is 10.1 Å². The predicted molar refractivity (Wildman–Crippen MR) is 81.3 cm³/mol. The standard InChI is InChI=1S/C15H23N5O/c1-5-7-16-13(11-10-20(3)19-12(11)6-2)14-15(21-4)18-9-8-17-14/h8-10,13,16H,5-7H2,1-4H3. The number of hydrogen-bond acceptors (Lipinski definition) is 5. The summed E-state index contributed by atoms with van der Waals surface area (Å²) in [4.78, 5) is 8.74. The van der Waals surface area contributed by atoms with Crippen LogP contribution in [0.5, 0.6) is 5.88 Å². The van der Waals surface area contributed by atoms with Crippen molar-refractivity contribution in [3.05, 3.63) is 35.5 Å². The molecule has 1 atom stereocenters. The van der Waals surface area contributed by atoms with E-state index < -0.39 is 0 Å². The predicted octanol–water partition coefficient (Wildman–Crippen LogP) is 1.87. The zero-order chi connectivity index (χ0) is 15.2. The van der Waals surface area contributed by atoms with E-state index in [0.29, 0.717) is 5.88 Å². The van der Waals surface area contributed by atoms with Crippen LogP contribution in [0.3, 0.4) is 0 Å². The van der Waals surface area contributed by atoms with Crippen LogP contribution in [0.2, 0.25) is 0 Å². The Morgan fingerprint density at radius 2 is 2.05 bits per heavy atom. The summed E-state index contributed by atoms with van der Waals surface area (Å²) in [6.07, 6.45) is 7.30. The van der Waals surface area contributed by atoms with E-state index >= 15 is 0 Å².